The first-order valence-corrected chi connectivity index (χ1v) is 19.9. The summed E-state index contributed by atoms with van der Waals surface area (Å²) in [4.78, 5) is 31.1. The Labute approximate surface area is 310 Å². The number of carbonyl (C=O) groups excluding carboxylic acids is 2. The molecule has 272 valence electrons. The molecule has 0 bridgehead atoms. The highest BCUT2D eigenvalue weighted by Crippen LogP contribution is 2.41. The van der Waals surface area contributed by atoms with E-state index < -0.39 is 55.8 Å². The number of thioether (sulfide) groups is 1. The summed E-state index contributed by atoms with van der Waals surface area (Å²) in [5, 5.41) is 5.80. The molecule has 0 aromatic heterocycles. The maximum atomic E-state index is 13.7. The van der Waals surface area contributed by atoms with E-state index in [2.05, 4.69) is 55.1 Å². The van der Waals surface area contributed by atoms with Crippen molar-refractivity contribution < 1.29 is 33.0 Å². The van der Waals surface area contributed by atoms with Crippen LogP contribution in [0.1, 0.15) is 51.9 Å². The molecule has 1 aliphatic heterocycles. The summed E-state index contributed by atoms with van der Waals surface area (Å²) < 4.78 is 31.9. The first-order chi connectivity index (χ1) is 24.8. The fourth-order valence-corrected chi connectivity index (χ4v) is 12.0. The Balaban J connectivity index is 1.63. The zero-order valence-electron chi connectivity index (χ0n) is 30.2. The quantitative estimate of drug-likeness (QED) is 0.0494. The molecule has 1 saturated heterocycles. The second kappa shape index (κ2) is 16.8. The van der Waals surface area contributed by atoms with Gasteiger partial charge in [-0.15, -0.1) is 0 Å². The molecule has 1 aliphatic rings. The van der Waals surface area contributed by atoms with E-state index in [1.165, 1.54) is 11.8 Å². The van der Waals surface area contributed by atoms with E-state index in [9.17, 15) is 15.1 Å². The van der Waals surface area contributed by atoms with Crippen LogP contribution in [0, 0.1) is 0 Å². The van der Waals surface area contributed by atoms with Crippen molar-refractivity contribution in [3.63, 3.8) is 0 Å². The van der Waals surface area contributed by atoms with Crippen LogP contribution in [-0.2, 0) is 23.4 Å². The lowest BCUT2D eigenvalue weighted by Crippen LogP contribution is -2.68. The number of carbonyl (C=O) groups is 2. The highest BCUT2D eigenvalue weighted by Gasteiger charge is 2.54. The van der Waals surface area contributed by atoms with Crippen molar-refractivity contribution in [3.8, 4) is 0 Å². The second-order valence-corrected chi connectivity index (χ2v) is 19.9. The summed E-state index contributed by atoms with van der Waals surface area (Å²) in [5.41, 5.74) is 8.33. The van der Waals surface area contributed by atoms with E-state index in [-0.39, 0.29) is 17.2 Å². The van der Waals surface area contributed by atoms with Gasteiger partial charge in [0.1, 0.15) is 23.2 Å². The van der Waals surface area contributed by atoms with Crippen molar-refractivity contribution in [2.75, 3.05) is 6.61 Å². The third kappa shape index (κ3) is 9.25. The summed E-state index contributed by atoms with van der Waals surface area (Å²) in [7, 11) is -3.12. The predicted octanol–water partition coefficient (Wildman–Crippen LogP) is 8.31. The Kier molecular flexibility index (Phi) is 12.5. The van der Waals surface area contributed by atoms with Crippen LogP contribution in [0.25, 0.3) is 10.4 Å². The molecule has 0 unspecified atom stereocenters. The Hall–Kier alpha value is -4.58. The third-order valence-electron chi connectivity index (χ3n) is 8.55. The van der Waals surface area contributed by atoms with Gasteiger partial charge in [0.25, 0.3) is 8.32 Å². The number of nitrogens with zero attached hydrogens (tertiary/aromatic N) is 3. The van der Waals surface area contributed by atoms with E-state index >= 15 is 0 Å². The van der Waals surface area contributed by atoms with Gasteiger partial charge in [0.05, 0.1) is 12.2 Å². The maximum absolute atomic E-state index is 13.7. The lowest BCUT2D eigenvalue weighted by molar-refractivity contribution is -0.177. The van der Waals surface area contributed by atoms with Crippen LogP contribution in [0.5, 0.6) is 0 Å². The molecule has 5 atom stereocenters. The average molecular weight is 740 g/mol. The van der Waals surface area contributed by atoms with Gasteiger partial charge < -0.3 is 23.4 Å². The van der Waals surface area contributed by atoms with Gasteiger partial charge in [0.2, 0.25) is 0 Å². The molecule has 4 aromatic rings. The highest BCUT2D eigenvalue weighted by atomic mass is 32.2. The number of azide groups is 1. The van der Waals surface area contributed by atoms with Gasteiger partial charge >= 0.3 is 12.1 Å². The zero-order chi connectivity index (χ0) is 37.4. The molecule has 10 nitrogen and oxygen atoms in total. The first-order valence-electron chi connectivity index (χ1n) is 17.1. The number of esters is 1. The van der Waals surface area contributed by atoms with Gasteiger partial charge in [-0.05, 0) is 66.0 Å². The van der Waals surface area contributed by atoms with E-state index in [1.807, 2.05) is 66.7 Å². The van der Waals surface area contributed by atoms with Crippen molar-refractivity contribution in [1.82, 2.24) is 0 Å². The average Bonchev–Trinajstić information content (AvgIpc) is 3.11. The molecule has 0 radical (unpaired) electrons. The van der Waals surface area contributed by atoms with Crippen molar-refractivity contribution >= 4 is 42.6 Å². The fraction of sp³-hybridized carbons (Fsp3) is 0.350. The summed E-state index contributed by atoms with van der Waals surface area (Å²) in [5.74, 6) is -0.682. The largest absolute Gasteiger partial charge is 0.509 e. The van der Waals surface area contributed by atoms with Crippen LogP contribution in [-0.4, -0.2) is 62.4 Å². The Morgan fingerprint density at radius 2 is 1.29 bits per heavy atom. The summed E-state index contributed by atoms with van der Waals surface area (Å²) in [6.45, 7) is 11.6. The standard InChI is InChI=1S/C40H45N3O7SSi/c1-39(2,3)50-38(45)49-34-32(27-46-52(40(4,5)6,30-23-15-9-16-24-30)31-25-17-10-18-26-31)47-37(51-29-21-13-8-14-22-29)33(42-43-41)35(34)48-36(44)28-19-11-7-12-20-28/h7-26,32-35,37H,27H2,1-6H3/t32-,33-,34+,35-,37+/m1/s1. The van der Waals surface area contributed by atoms with E-state index in [0.717, 1.165) is 15.3 Å². The smallest absolute Gasteiger partial charge is 0.454 e. The van der Waals surface area contributed by atoms with Crippen LogP contribution in [0.15, 0.2) is 131 Å². The zero-order valence-corrected chi connectivity index (χ0v) is 32.1. The molecule has 0 saturated carbocycles. The van der Waals surface area contributed by atoms with E-state index in [0.29, 0.717) is 0 Å². The molecule has 52 heavy (non-hydrogen) atoms. The fourth-order valence-electron chi connectivity index (χ4n) is 6.34. The van der Waals surface area contributed by atoms with Crippen LogP contribution in [0.3, 0.4) is 0 Å². The Morgan fingerprint density at radius 3 is 1.79 bits per heavy atom. The molecule has 0 N–H and O–H groups in total. The monoisotopic (exact) mass is 739 g/mol. The SMILES string of the molecule is CC(C)(C)OC(=O)O[C@@H]1[C@H](OC(=O)c2ccccc2)[C@@H](N=[N+]=[N-])[C@H](Sc2ccccc2)O[C@@H]1CO[Si](c1ccccc1)(c1ccccc1)C(C)(C)C. The molecular weight excluding hydrogens is 695 g/mol. The lowest BCUT2D eigenvalue weighted by atomic mass is 9.98. The molecule has 0 aliphatic carbocycles. The van der Waals surface area contributed by atoms with E-state index in [1.54, 1.807) is 51.1 Å². The maximum Gasteiger partial charge on any atom is 0.509 e. The predicted molar refractivity (Wildman–Crippen MR) is 204 cm³/mol. The van der Waals surface area contributed by atoms with Gasteiger partial charge in [-0.1, -0.05) is 135 Å². The summed E-state index contributed by atoms with van der Waals surface area (Å²) in [6.07, 6.45) is -4.55. The molecule has 12 heteroatoms. The van der Waals surface area contributed by atoms with Crippen LogP contribution >= 0.6 is 11.8 Å². The number of ether oxygens (including phenoxy) is 4. The van der Waals surface area contributed by atoms with Crippen LogP contribution in [0.2, 0.25) is 5.04 Å². The summed E-state index contributed by atoms with van der Waals surface area (Å²) in [6, 6.07) is 37.1. The minimum atomic E-state index is -3.12. The van der Waals surface area contributed by atoms with Gasteiger partial charge in [0.15, 0.2) is 12.2 Å². The minimum Gasteiger partial charge on any atom is -0.454 e. The molecule has 1 fully saturated rings. The van der Waals surface area contributed by atoms with E-state index in [4.69, 9.17) is 23.4 Å². The van der Waals surface area contributed by atoms with Crippen molar-refractivity contribution in [2.45, 2.75) is 86.9 Å². The van der Waals surface area contributed by atoms with Crippen molar-refractivity contribution in [1.29, 1.82) is 0 Å². The number of benzene rings is 4. The highest BCUT2D eigenvalue weighted by molar-refractivity contribution is 7.99. The summed E-state index contributed by atoms with van der Waals surface area (Å²) >= 11 is 1.31. The van der Waals surface area contributed by atoms with Crippen LogP contribution in [0.4, 0.5) is 4.79 Å². The lowest BCUT2D eigenvalue weighted by Gasteiger charge is -2.47. The number of hydrogen-bond donors (Lipinski definition) is 0. The normalized spacial score (nSPS) is 20.6. The topological polar surface area (TPSA) is 129 Å². The van der Waals surface area contributed by atoms with Gasteiger partial charge in [-0.2, -0.15) is 0 Å². The Morgan fingerprint density at radius 1 is 0.769 bits per heavy atom. The first kappa shape index (κ1) is 38.6. The van der Waals surface area contributed by atoms with Gasteiger partial charge in [-0.25, -0.2) is 9.59 Å². The Bertz CT molecular complexity index is 1780. The molecule has 1 heterocycles. The molecule has 0 spiro atoms. The van der Waals surface area contributed by atoms with Crippen molar-refractivity contribution in [3.05, 3.63) is 137 Å². The van der Waals surface area contributed by atoms with Crippen LogP contribution < -0.4 is 10.4 Å². The minimum absolute atomic E-state index is 0.0605. The van der Waals surface area contributed by atoms with Crippen molar-refractivity contribution in [2.24, 2.45) is 5.11 Å². The number of hydrogen-bond acceptors (Lipinski definition) is 9. The third-order valence-corrected chi connectivity index (χ3v) is 14.7. The number of rotatable bonds is 11. The molecule has 0 amide bonds. The molecule has 4 aromatic carbocycles. The second-order valence-electron chi connectivity index (χ2n) is 14.4. The van der Waals surface area contributed by atoms with Gasteiger partial charge in [0, 0.05) is 9.81 Å². The van der Waals surface area contributed by atoms with Gasteiger partial charge in [-0.3, -0.25) is 0 Å². The molecular formula is C40H45N3O7SSi. The molecule has 5 rings (SSSR count).